The van der Waals surface area contributed by atoms with Crippen molar-refractivity contribution in [3.05, 3.63) is 23.8 Å². The van der Waals surface area contributed by atoms with Crippen molar-refractivity contribution in [1.29, 1.82) is 0 Å². The first-order chi connectivity index (χ1) is 12.8. The van der Waals surface area contributed by atoms with Gasteiger partial charge in [-0.25, -0.2) is 0 Å². The summed E-state index contributed by atoms with van der Waals surface area (Å²) in [7, 11) is 0. The van der Waals surface area contributed by atoms with Crippen molar-refractivity contribution in [2.45, 2.75) is 84.2 Å². The topological polar surface area (TPSA) is 130 Å². The molecular formula is C24H49ClN2O4. The van der Waals surface area contributed by atoms with Crippen molar-refractivity contribution in [2.75, 3.05) is 26.2 Å². The van der Waals surface area contributed by atoms with Crippen LogP contribution in [0.15, 0.2) is 23.8 Å². The van der Waals surface area contributed by atoms with Gasteiger partial charge in [0, 0.05) is 19.1 Å². The second-order valence-corrected chi connectivity index (χ2v) is 10.3. The van der Waals surface area contributed by atoms with E-state index in [2.05, 4.69) is 42.3 Å². The van der Waals surface area contributed by atoms with Gasteiger partial charge in [0.05, 0.1) is 11.5 Å². The second-order valence-electron chi connectivity index (χ2n) is 9.79. The van der Waals surface area contributed by atoms with Crippen LogP contribution in [0.3, 0.4) is 0 Å². The van der Waals surface area contributed by atoms with Gasteiger partial charge in [-0.3, -0.25) is 0 Å². The SMILES string of the molecule is C.C[C@@H](O)[C@H](CN1CCC(C2=CCC(Cl)C=C2)C(C)(C)C1)NCC1CCCC1.O.O.O. The quantitative estimate of drug-likeness (QED) is 0.561. The minimum absolute atomic E-state index is 0. The summed E-state index contributed by atoms with van der Waals surface area (Å²) in [5.41, 5.74) is 1.71. The lowest BCUT2D eigenvalue weighted by Gasteiger charge is -2.46. The molecule has 2 unspecified atom stereocenters. The minimum Gasteiger partial charge on any atom is -0.412 e. The van der Waals surface area contributed by atoms with Crippen molar-refractivity contribution in [2.24, 2.45) is 17.3 Å². The molecule has 2 aliphatic carbocycles. The van der Waals surface area contributed by atoms with Gasteiger partial charge in [0.1, 0.15) is 0 Å². The Hall–Kier alpha value is -0.470. The van der Waals surface area contributed by atoms with Crippen molar-refractivity contribution in [3.8, 4) is 0 Å². The summed E-state index contributed by atoms with van der Waals surface area (Å²) in [6.45, 7) is 10.9. The van der Waals surface area contributed by atoms with Gasteiger partial charge < -0.3 is 31.8 Å². The molecule has 1 aliphatic heterocycles. The average Bonchev–Trinajstić information content (AvgIpc) is 3.12. The largest absolute Gasteiger partial charge is 0.412 e. The molecule has 6 nitrogen and oxygen atoms in total. The van der Waals surface area contributed by atoms with Gasteiger partial charge in [0.25, 0.3) is 0 Å². The normalized spacial score (nSPS) is 27.6. The molecule has 7 heteroatoms. The molecule has 8 N–H and O–H groups in total. The van der Waals surface area contributed by atoms with Gasteiger partial charge >= 0.3 is 0 Å². The maximum atomic E-state index is 10.3. The molecule has 0 aromatic heterocycles. The van der Waals surface area contributed by atoms with Crippen LogP contribution in [-0.4, -0.2) is 70.1 Å². The monoisotopic (exact) mass is 464 g/mol. The van der Waals surface area contributed by atoms with Crippen molar-refractivity contribution >= 4 is 11.6 Å². The van der Waals surface area contributed by atoms with E-state index < -0.39 is 0 Å². The highest BCUT2D eigenvalue weighted by atomic mass is 35.5. The highest BCUT2D eigenvalue weighted by Crippen LogP contribution is 2.41. The first-order valence-electron chi connectivity index (χ1n) is 11.0. The zero-order chi connectivity index (χ0) is 19.4. The Labute approximate surface area is 195 Å². The number of alkyl halides is 1. The lowest BCUT2D eigenvalue weighted by Crippen LogP contribution is -2.53. The van der Waals surface area contributed by atoms with Crippen molar-refractivity contribution in [3.63, 3.8) is 0 Å². The number of likely N-dealkylation sites (tertiary alicyclic amines) is 1. The molecule has 31 heavy (non-hydrogen) atoms. The summed E-state index contributed by atoms with van der Waals surface area (Å²) >= 11 is 6.21. The molecule has 0 aromatic carbocycles. The fourth-order valence-corrected chi connectivity index (χ4v) is 5.47. The number of halogens is 1. The Bertz CT molecular complexity index is 548. The fourth-order valence-electron chi connectivity index (χ4n) is 5.31. The summed E-state index contributed by atoms with van der Waals surface area (Å²) in [5, 5.41) is 14.2. The first-order valence-corrected chi connectivity index (χ1v) is 11.4. The zero-order valence-corrected chi connectivity index (χ0v) is 19.7. The van der Waals surface area contributed by atoms with Crippen LogP contribution in [-0.2, 0) is 0 Å². The van der Waals surface area contributed by atoms with Gasteiger partial charge in [-0.1, -0.05) is 52.3 Å². The molecule has 0 bridgehead atoms. The van der Waals surface area contributed by atoms with Gasteiger partial charge in [-0.05, 0) is 68.5 Å². The molecule has 1 saturated carbocycles. The van der Waals surface area contributed by atoms with Crippen LogP contribution in [0.1, 0.15) is 66.7 Å². The van der Waals surface area contributed by atoms with Crippen LogP contribution in [0.5, 0.6) is 0 Å². The Balaban J connectivity index is 0. The molecule has 0 radical (unpaired) electrons. The number of aliphatic hydroxyl groups is 1. The molecule has 4 atom stereocenters. The number of nitrogens with one attached hydrogen (secondary N) is 1. The van der Waals surface area contributed by atoms with Crippen molar-refractivity contribution < 1.29 is 21.5 Å². The van der Waals surface area contributed by atoms with E-state index in [4.69, 9.17) is 11.6 Å². The van der Waals surface area contributed by atoms with Gasteiger partial charge in [0.15, 0.2) is 0 Å². The molecule has 0 aromatic rings. The van der Waals surface area contributed by atoms with Crippen LogP contribution in [0.25, 0.3) is 0 Å². The van der Waals surface area contributed by atoms with Crippen molar-refractivity contribution in [1.82, 2.24) is 10.2 Å². The predicted octanol–water partition coefficient (Wildman–Crippen LogP) is 2.52. The van der Waals surface area contributed by atoms with Crippen LogP contribution in [0.4, 0.5) is 0 Å². The number of nitrogens with zero attached hydrogens (tertiary/aromatic N) is 1. The summed E-state index contributed by atoms with van der Waals surface area (Å²) in [6.07, 6.45) is 14.0. The molecule has 186 valence electrons. The van der Waals surface area contributed by atoms with Crippen LogP contribution in [0, 0.1) is 17.3 Å². The summed E-state index contributed by atoms with van der Waals surface area (Å²) in [6, 6.07) is 0.170. The summed E-state index contributed by atoms with van der Waals surface area (Å²) in [4.78, 5) is 2.56. The maximum Gasteiger partial charge on any atom is 0.0677 e. The standard InChI is InChI=1S/C23H39ClN2O.CH4.3H2O/c1-17(27)22(25-14-18-6-4-5-7-18)15-26-13-12-21(23(2,3)16-26)19-8-10-20(24)11-9-19;;;;/h8-10,17-18,20-22,25,27H,4-7,11-16H2,1-3H3;1H4;3*1H2/t17-,20?,21?,22+;;;;/m1..../s1. The smallest absolute Gasteiger partial charge is 0.0677 e. The van der Waals surface area contributed by atoms with Crippen LogP contribution >= 0.6 is 11.6 Å². The first kappa shape index (κ1) is 32.7. The Morgan fingerprint density at radius 2 is 1.84 bits per heavy atom. The van der Waals surface area contributed by atoms with E-state index in [1.54, 1.807) is 0 Å². The number of hydrogen-bond acceptors (Lipinski definition) is 3. The van der Waals surface area contributed by atoms with E-state index in [1.165, 1.54) is 37.7 Å². The number of rotatable bonds is 7. The predicted molar refractivity (Wildman–Crippen MR) is 133 cm³/mol. The third-order valence-electron chi connectivity index (χ3n) is 6.97. The molecule has 3 rings (SSSR count). The second kappa shape index (κ2) is 14.6. The Morgan fingerprint density at radius 3 is 2.35 bits per heavy atom. The van der Waals surface area contributed by atoms with Crippen LogP contribution in [0.2, 0.25) is 0 Å². The van der Waals surface area contributed by atoms with E-state index >= 15 is 0 Å². The molecule has 0 amide bonds. The maximum absolute atomic E-state index is 10.3. The van der Waals surface area contributed by atoms with Gasteiger partial charge in [0.2, 0.25) is 0 Å². The summed E-state index contributed by atoms with van der Waals surface area (Å²) < 4.78 is 0. The number of hydrogen-bond donors (Lipinski definition) is 2. The average molecular weight is 465 g/mol. The fraction of sp³-hybridized carbons (Fsp3) is 0.833. The van der Waals surface area contributed by atoms with E-state index in [-0.39, 0.29) is 46.8 Å². The Morgan fingerprint density at radius 1 is 1.19 bits per heavy atom. The lowest BCUT2D eigenvalue weighted by molar-refractivity contribution is 0.0461. The Kier molecular flexibility index (Phi) is 15.4. The summed E-state index contributed by atoms with van der Waals surface area (Å²) in [5.74, 6) is 1.41. The number of piperidine rings is 1. The molecule has 0 spiro atoms. The third-order valence-corrected chi connectivity index (χ3v) is 7.29. The highest BCUT2D eigenvalue weighted by molar-refractivity contribution is 6.22. The molecule has 1 heterocycles. The zero-order valence-electron chi connectivity index (χ0n) is 19.0. The molecular weight excluding hydrogens is 416 g/mol. The molecule has 3 aliphatic rings. The van der Waals surface area contributed by atoms with E-state index in [1.807, 2.05) is 6.92 Å². The minimum atomic E-state index is -0.308. The van der Waals surface area contributed by atoms with Gasteiger partial charge in [-0.15, -0.1) is 11.6 Å². The lowest BCUT2D eigenvalue weighted by atomic mass is 9.69. The van der Waals surface area contributed by atoms with E-state index in [0.717, 1.165) is 38.5 Å². The molecule has 2 fully saturated rings. The van der Waals surface area contributed by atoms with Crippen LogP contribution < -0.4 is 5.32 Å². The molecule has 1 saturated heterocycles. The highest BCUT2D eigenvalue weighted by Gasteiger charge is 2.38. The third kappa shape index (κ3) is 9.12. The number of allylic oxidation sites excluding steroid dienone is 4. The van der Waals surface area contributed by atoms with E-state index in [9.17, 15) is 5.11 Å². The van der Waals surface area contributed by atoms with E-state index in [0.29, 0.717) is 5.92 Å². The number of aliphatic hydroxyl groups excluding tert-OH is 1. The van der Waals surface area contributed by atoms with Gasteiger partial charge in [-0.2, -0.15) is 0 Å².